The average molecular weight is 220 g/mol. The lowest BCUT2D eigenvalue weighted by Gasteiger charge is -2.38. The van der Waals surface area contributed by atoms with Crippen molar-refractivity contribution in [1.82, 2.24) is 0 Å². The van der Waals surface area contributed by atoms with Crippen LogP contribution in [0.3, 0.4) is 0 Å². The standard InChI is InChI=1S/C13H20N2O/c1-13(4-3-5-13)9-15-11-6-10(14)7-12(8-11)16-2/h6-8,15H,3-5,9,14H2,1-2H3. The third kappa shape index (κ3) is 2.40. The van der Waals surface area contributed by atoms with Crippen molar-refractivity contribution in [2.24, 2.45) is 5.41 Å². The second kappa shape index (κ2) is 4.24. The van der Waals surface area contributed by atoms with E-state index in [4.69, 9.17) is 10.5 Å². The molecule has 0 spiro atoms. The van der Waals surface area contributed by atoms with Crippen LogP contribution in [0.15, 0.2) is 18.2 Å². The van der Waals surface area contributed by atoms with E-state index in [2.05, 4.69) is 12.2 Å². The first-order valence-electron chi connectivity index (χ1n) is 5.80. The van der Waals surface area contributed by atoms with Gasteiger partial charge in [0, 0.05) is 30.1 Å². The molecule has 0 unspecified atom stereocenters. The molecule has 1 aliphatic rings. The molecule has 0 radical (unpaired) electrons. The number of hydrogen-bond donors (Lipinski definition) is 2. The number of nitrogen functional groups attached to an aromatic ring is 1. The van der Waals surface area contributed by atoms with E-state index >= 15 is 0 Å². The number of hydrogen-bond acceptors (Lipinski definition) is 3. The summed E-state index contributed by atoms with van der Waals surface area (Å²) in [6.45, 7) is 3.34. The molecule has 0 amide bonds. The summed E-state index contributed by atoms with van der Waals surface area (Å²) >= 11 is 0. The molecule has 1 aromatic rings. The van der Waals surface area contributed by atoms with Crippen LogP contribution < -0.4 is 15.8 Å². The van der Waals surface area contributed by atoms with E-state index in [1.807, 2.05) is 18.2 Å². The van der Waals surface area contributed by atoms with Crippen molar-refractivity contribution in [1.29, 1.82) is 0 Å². The number of nitrogens with one attached hydrogen (secondary N) is 1. The molecule has 0 heterocycles. The van der Waals surface area contributed by atoms with E-state index in [1.165, 1.54) is 19.3 Å². The van der Waals surface area contributed by atoms with Gasteiger partial charge in [-0.25, -0.2) is 0 Å². The Hall–Kier alpha value is -1.38. The Labute approximate surface area is 97.0 Å². The molecule has 0 bridgehead atoms. The molecule has 1 aromatic carbocycles. The second-order valence-electron chi connectivity index (χ2n) is 5.01. The Bertz CT molecular complexity index is 372. The maximum atomic E-state index is 5.80. The number of nitrogens with two attached hydrogens (primary N) is 1. The van der Waals surface area contributed by atoms with Gasteiger partial charge < -0.3 is 15.8 Å². The maximum absolute atomic E-state index is 5.80. The monoisotopic (exact) mass is 220 g/mol. The Balaban J connectivity index is 2.00. The first-order chi connectivity index (χ1) is 7.61. The van der Waals surface area contributed by atoms with Gasteiger partial charge in [-0.3, -0.25) is 0 Å². The van der Waals surface area contributed by atoms with Crippen LogP contribution in [-0.4, -0.2) is 13.7 Å². The molecule has 1 fully saturated rings. The summed E-state index contributed by atoms with van der Waals surface area (Å²) in [7, 11) is 1.66. The molecular weight excluding hydrogens is 200 g/mol. The predicted octanol–water partition coefficient (Wildman–Crippen LogP) is 2.88. The number of ether oxygens (including phenoxy) is 1. The molecule has 88 valence electrons. The molecule has 3 heteroatoms. The Morgan fingerprint density at radius 3 is 2.69 bits per heavy atom. The Morgan fingerprint density at radius 2 is 2.12 bits per heavy atom. The minimum absolute atomic E-state index is 0.470. The van der Waals surface area contributed by atoms with Crippen LogP contribution in [0.2, 0.25) is 0 Å². The van der Waals surface area contributed by atoms with Gasteiger partial charge in [0.1, 0.15) is 5.75 Å². The van der Waals surface area contributed by atoms with Crippen LogP contribution in [0.25, 0.3) is 0 Å². The molecule has 0 aliphatic heterocycles. The summed E-state index contributed by atoms with van der Waals surface area (Å²) in [5, 5.41) is 3.44. The largest absolute Gasteiger partial charge is 0.497 e. The lowest BCUT2D eigenvalue weighted by Crippen LogP contribution is -2.33. The van der Waals surface area contributed by atoms with Gasteiger partial charge in [-0.2, -0.15) is 0 Å². The Kier molecular flexibility index (Phi) is 2.95. The summed E-state index contributed by atoms with van der Waals surface area (Å²) in [4.78, 5) is 0. The Morgan fingerprint density at radius 1 is 1.38 bits per heavy atom. The average Bonchev–Trinajstić information content (AvgIpc) is 2.23. The predicted molar refractivity (Wildman–Crippen MR) is 67.9 cm³/mol. The first kappa shape index (κ1) is 11.1. The van der Waals surface area contributed by atoms with Gasteiger partial charge >= 0.3 is 0 Å². The zero-order valence-corrected chi connectivity index (χ0v) is 10.0. The highest BCUT2D eigenvalue weighted by Crippen LogP contribution is 2.40. The molecular formula is C13H20N2O. The van der Waals surface area contributed by atoms with E-state index < -0.39 is 0 Å². The van der Waals surface area contributed by atoms with Crippen LogP contribution in [0.4, 0.5) is 11.4 Å². The highest BCUT2D eigenvalue weighted by molar-refractivity contribution is 5.59. The second-order valence-corrected chi connectivity index (χ2v) is 5.01. The van der Waals surface area contributed by atoms with Crippen molar-refractivity contribution in [3.8, 4) is 5.75 Å². The van der Waals surface area contributed by atoms with Crippen molar-refractivity contribution >= 4 is 11.4 Å². The third-order valence-corrected chi connectivity index (χ3v) is 3.44. The number of benzene rings is 1. The fraction of sp³-hybridized carbons (Fsp3) is 0.538. The van der Waals surface area contributed by atoms with Gasteiger partial charge in [0.2, 0.25) is 0 Å². The zero-order chi connectivity index (χ0) is 11.6. The van der Waals surface area contributed by atoms with Crippen molar-refractivity contribution < 1.29 is 4.74 Å². The molecule has 3 nitrogen and oxygen atoms in total. The van der Waals surface area contributed by atoms with Crippen molar-refractivity contribution in [2.45, 2.75) is 26.2 Å². The van der Waals surface area contributed by atoms with Gasteiger partial charge in [0.05, 0.1) is 7.11 Å². The highest BCUT2D eigenvalue weighted by atomic mass is 16.5. The molecule has 0 atom stereocenters. The molecule has 1 saturated carbocycles. The van der Waals surface area contributed by atoms with E-state index in [1.54, 1.807) is 7.11 Å². The summed E-state index contributed by atoms with van der Waals surface area (Å²) < 4.78 is 5.19. The quantitative estimate of drug-likeness (QED) is 0.767. The molecule has 0 saturated heterocycles. The van der Waals surface area contributed by atoms with E-state index in [-0.39, 0.29) is 0 Å². The minimum Gasteiger partial charge on any atom is -0.497 e. The van der Waals surface area contributed by atoms with Gasteiger partial charge in [-0.1, -0.05) is 13.3 Å². The van der Waals surface area contributed by atoms with Crippen LogP contribution in [0.1, 0.15) is 26.2 Å². The van der Waals surface area contributed by atoms with E-state index in [0.717, 1.165) is 23.7 Å². The summed E-state index contributed by atoms with van der Waals surface area (Å²) in [6, 6.07) is 5.76. The van der Waals surface area contributed by atoms with Gasteiger partial charge in [0.25, 0.3) is 0 Å². The van der Waals surface area contributed by atoms with Gasteiger partial charge in [0.15, 0.2) is 0 Å². The third-order valence-electron chi connectivity index (χ3n) is 3.44. The number of methoxy groups -OCH3 is 1. The van der Waals surface area contributed by atoms with E-state index in [0.29, 0.717) is 5.41 Å². The zero-order valence-electron chi connectivity index (χ0n) is 10.0. The van der Waals surface area contributed by atoms with Crippen molar-refractivity contribution in [3.63, 3.8) is 0 Å². The maximum Gasteiger partial charge on any atom is 0.122 e. The first-order valence-corrected chi connectivity index (χ1v) is 5.80. The normalized spacial score (nSPS) is 17.6. The molecule has 2 rings (SSSR count). The van der Waals surface area contributed by atoms with Crippen LogP contribution in [0.5, 0.6) is 5.75 Å². The fourth-order valence-corrected chi connectivity index (χ4v) is 2.11. The number of rotatable bonds is 4. The topological polar surface area (TPSA) is 47.3 Å². The van der Waals surface area contributed by atoms with Crippen molar-refractivity contribution in [3.05, 3.63) is 18.2 Å². The lowest BCUT2D eigenvalue weighted by molar-refractivity contribution is 0.180. The summed E-state index contributed by atoms with van der Waals surface area (Å²) in [5.74, 6) is 0.807. The molecule has 3 N–H and O–H groups in total. The molecule has 1 aliphatic carbocycles. The van der Waals surface area contributed by atoms with Gasteiger partial charge in [-0.15, -0.1) is 0 Å². The highest BCUT2D eigenvalue weighted by Gasteiger charge is 2.31. The molecule has 16 heavy (non-hydrogen) atoms. The van der Waals surface area contributed by atoms with Crippen LogP contribution in [0, 0.1) is 5.41 Å². The van der Waals surface area contributed by atoms with Gasteiger partial charge in [-0.05, 0) is 24.3 Å². The van der Waals surface area contributed by atoms with Crippen LogP contribution >= 0.6 is 0 Å². The minimum atomic E-state index is 0.470. The smallest absolute Gasteiger partial charge is 0.122 e. The summed E-state index contributed by atoms with van der Waals surface area (Å²) in [5.41, 5.74) is 8.05. The molecule has 0 aromatic heterocycles. The number of anilines is 2. The SMILES string of the molecule is COc1cc(N)cc(NCC2(C)CCC2)c1. The lowest BCUT2D eigenvalue weighted by atomic mass is 9.70. The van der Waals surface area contributed by atoms with Crippen LogP contribution in [-0.2, 0) is 0 Å². The van der Waals surface area contributed by atoms with Crippen molar-refractivity contribution in [2.75, 3.05) is 24.7 Å². The summed E-state index contributed by atoms with van der Waals surface area (Å²) in [6.07, 6.45) is 4.00. The van der Waals surface area contributed by atoms with E-state index in [9.17, 15) is 0 Å². The fourth-order valence-electron chi connectivity index (χ4n) is 2.11.